The molecule has 108 valence electrons. The molecule has 0 aromatic rings. The summed E-state index contributed by atoms with van der Waals surface area (Å²) in [5.41, 5.74) is 0. The van der Waals surface area contributed by atoms with Gasteiger partial charge in [-0.2, -0.15) is 0 Å². The zero-order valence-corrected chi connectivity index (χ0v) is 9.87. The maximum atomic E-state index is 10.3. The van der Waals surface area contributed by atoms with Crippen LogP contribution in [0.2, 0.25) is 0 Å². The van der Waals surface area contributed by atoms with Crippen molar-refractivity contribution in [3.63, 3.8) is 0 Å². The van der Waals surface area contributed by atoms with Gasteiger partial charge in [0.05, 0.1) is 6.61 Å². The maximum absolute atomic E-state index is 10.3. The van der Waals surface area contributed by atoms with Crippen molar-refractivity contribution < 1.29 is 49.2 Å². The highest BCUT2D eigenvalue weighted by Crippen LogP contribution is 2.35. The van der Waals surface area contributed by atoms with E-state index in [1.165, 1.54) is 0 Å². The minimum atomic E-state index is -4.86. The van der Waals surface area contributed by atoms with E-state index in [1.807, 2.05) is 0 Å². The number of rotatable bonds is 8. The molecule has 0 amide bonds. The molecule has 0 rings (SSSR count). The van der Waals surface area contributed by atoms with E-state index in [-0.39, 0.29) is 6.29 Å². The van der Waals surface area contributed by atoms with Gasteiger partial charge < -0.3 is 40.1 Å². The summed E-state index contributed by atoms with van der Waals surface area (Å²) in [5.74, 6) is 0. The Morgan fingerprint density at radius 2 is 1.50 bits per heavy atom. The first kappa shape index (κ1) is 17.6. The van der Waals surface area contributed by atoms with Gasteiger partial charge in [0.15, 0.2) is 6.29 Å². The normalized spacial score (nSPS) is 20.8. The third kappa shape index (κ3) is 5.96. The molecule has 0 fully saturated rings. The number of phosphoric acid groups is 1. The van der Waals surface area contributed by atoms with Crippen LogP contribution >= 0.6 is 7.82 Å². The zero-order valence-electron chi connectivity index (χ0n) is 8.97. The predicted octanol–water partition coefficient (Wildman–Crippen LogP) is -3.90. The third-order valence-corrected chi connectivity index (χ3v) is 2.48. The Kier molecular flexibility index (Phi) is 7.07. The van der Waals surface area contributed by atoms with Gasteiger partial charge in [-0.25, -0.2) is 4.57 Å². The molecule has 0 aromatic heterocycles. The van der Waals surface area contributed by atoms with Crippen molar-refractivity contribution in [3.05, 3.63) is 0 Å². The second-order valence-corrected chi connectivity index (χ2v) is 4.69. The Bertz CT molecular complexity index is 303. The van der Waals surface area contributed by atoms with Crippen molar-refractivity contribution in [2.75, 3.05) is 6.61 Å². The van der Waals surface area contributed by atoms with Crippen LogP contribution in [0.3, 0.4) is 0 Å². The van der Waals surface area contributed by atoms with Gasteiger partial charge in [-0.15, -0.1) is 0 Å². The lowest BCUT2D eigenvalue weighted by molar-refractivity contribution is -0.147. The Morgan fingerprint density at radius 1 is 1.00 bits per heavy atom. The van der Waals surface area contributed by atoms with Crippen LogP contribution in [0.4, 0.5) is 0 Å². The first-order valence-electron chi connectivity index (χ1n) is 4.66. The predicted molar refractivity (Wildman–Crippen MR) is 54.1 cm³/mol. The Balaban J connectivity index is 4.40. The number of aldehydes is 1. The smallest absolute Gasteiger partial charge is 0.388 e. The van der Waals surface area contributed by atoms with E-state index in [0.29, 0.717) is 0 Å². The van der Waals surface area contributed by atoms with Crippen LogP contribution in [-0.2, 0) is 13.9 Å². The molecule has 0 aliphatic heterocycles. The first-order chi connectivity index (χ1) is 8.10. The third-order valence-electron chi connectivity index (χ3n) is 2.00. The van der Waals surface area contributed by atoms with Gasteiger partial charge in [-0.3, -0.25) is 4.52 Å². The molecular weight excluding hydrogens is 275 g/mol. The summed E-state index contributed by atoms with van der Waals surface area (Å²) in [4.78, 5) is 26.7. The summed E-state index contributed by atoms with van der Waals surface area (Å²) in [6.45, 7) is -1.02. The van der Waals surface area contributed by atoms with Crippen LogP contribution in [0, 0.1) is 0 Å². The molecule has 0 bridgehead atoms. The lowest BCUT2D eigenvalue weighted by Crippen LogP contribution is -2.50. The fourth-order valence-electron chi connectivity index (χ4n) is 0.984. The molecule has 0 radical (unpaired) electrons. The van der Waals surface area contributed by atoms with Crippen molar-refractivity contribution in [2.45, 2.75) is 30.5 Å². The van der Waals surface area contributed by atoms with Gasteiger partial charge in [-0.1, -0.05) is 0 Å². The number of aliphatic hydroxyl groups is 5. The van der Waals surface area contributed by atoms with Crippen molar-refractivity contribution in [2.24, 2.45) is 0 Å². The number of hydrogen-bond acceptors (Lipinski definition) is 8. The minimum absolute atomic E-state index is 0.0981. The SMILES string of the molecule is O=C[C@@H](O)[C@@H](O)[C@H](O)[C@H](O)[C@H](O)COP(=O)(O)O. The van der Waals surface area contributed by atoms with E-state index in [4.69, 9.17) is 20.0 Å². The van der Waals surface area contributed by atoms with Crippen molar-refractivity contribution in [3.8, 4) is 0 Å². The Morgan fingerprint density at radius 3 is 1.89 bits per heavy atom. The highest BCUT2D eigenvalue weighted by atomic mass is 31.2. The maximum Gasteiger partial charge on any atom is 0.469 e. The quantitative estimate of drug-likeness (QED) is 0.172. The average molecular weight is 290 g/mol. The van der Waals surface area contributed by atoms with E-state index < -0.39 is 44.9 Å². The number of carbonyl (C=O) groups is 1. The van der Waals surface area contributed by atoms with Gasteiger partial charge in [0.1, 0.15) is 30.5 Å². The Hall–Kier alpha value is -0.420. The summed E-state index contributed by atoms with van der Waals surface area (Å²) in [6.07, 6.45) is -10.3. The van der Waals surface area contributed by atoms with E-state index in [1.54, 1.807) is 0 Å². The summed E-state index contributed by atoms with van der Waals surface area (Å²) in [5, 5.41) is 45.7. The molecule has 0 saturated carbocycles. The van der Waals surface area contributed by atoms with Gasteiger partial charge >= 0.3 is 7.82 Å². The number of hydrogen-bond donors (Lipinski definition) is 7. The largest absolute Gasteiger partial charge is 0.469 e. The lowest BCUT2D eigenvalue weighted by atomic mass is 10.0. The van der Waals surface area contributed by atoms with Crippen LogP contribution in [0.1, 0.15) is 0 Å². The highest BCUT2D eigenvalue weighted by Gasteiger charge is 2.35. The van der Waals surface area contributed by atoms with Crippen LogP contribution in [0.15, 0.2) is 0 Å². The van der Waals surface area contributed by atoms with E-state index in [9.17, 15) is 24.7 Å². The molecule has 0 aliphatic rings. The summed E-state index contributed by atoms with van der Waals surface area (Å²) in [6, 6.07) is 0. The van der Waals surface area contributed by atoms with Crippen molar-refractivity contribution in [1.29, 1.82) is 0 Å². The van der Waals surface area contributed by atoms with Gasteiger partial charge in [0.25, 0.3) is 0 Å². The van der Waals surface area contributed by atoms with Gasteiger partial charge in [0.2, 0.25) is 0 Å². The molecule has 0 unspecified atom stereocenters. The summed E-state index contributed by atoms with van der Waals surface area (Å²) in [7, 11) is -4.86. The lowest BCUT2D eigenvalue weighted by Gasteiger charge is -2.27. The molecule has 11 heteroatoms. The standard InChI is InChI=1S/C7H15O10P/c8-1-3(9)5(11)7(13)6(12)4(10)2-17-18(14,15)16/h1,3-7,9-13H,2H2,(H2,14,15,16)/t3-,4-,5-,6-,7+/m1/s1. The molecule has 10 nitrogen and oxygen atoms in total. The van der Waals surface area contributed by atoms with Crippen LogP contribution < -0.4 is 0 Å². The molecule has 5 atom stereocenters. The second kappa shape index (κ2) is 7.24. The molecule has 7 N–H and O–H groups in total. The number of carbonyl (C=O) groups excluding carboxylic acids is 1. The van der Waals surface area contributed by atoms with Gasteiger partial charge in [-0.05, 0) is 0 Å². The van der Waals surface area contributed by atoms with E-state index in [0.717, 1.165) is 0 Å². The summed E-state index contributed by atoms with van der Waals surface area (Å²) < 4.78 is 14.2. The fraction of sp³-hybridized carbons (Fsp3) is 0.857. The van der Waals surface area contributed by atoms with Gasteiger partial charge in [0, 0.05) is 0 Å². The van der Waals surface area contributed by atoms with E-state index in [2.05, 4.69) is 4.52 Å². The van der Waals surface area contributed by atoms with Crippen molar-refractivity contribution in [1.82, 2.24) is 0 Å². The average Bonchev–Trinajstić information content (AvgIpc) is 2.31. The number of aliphatic hydroxyl groups excluding tert-OH is 5. The van der Waals surface area contributed by atoms with Crippen LogP contribution in [-0.4, -0.2) is 78.7 Å². The molecule has 0 spiro atoms. The number of phosphoric ester groups is 1. The zero-order chi connectivity index (χ0) is 14.5. The molecule has 0 heterocycles. The first-order valence-corrected chi connectivity index (χ1v) is 6.19. The molecule has 0 saturated heterocycles. The Labute approximate surface area is 101 Å². The van der Waals surface area contributed by atoms with Crippen molar-refractivity contribution >= 4 is 14.1 Å². The van der Waals surface area contributed by atoms with Crippen LogP contribution in [0.5, 0.6) is 0 Å². The monoisotopic (exact) mass is 290 g/mol. The molecular formula is C7H15O10P. The molecule has 18 heavy (non-hydrogen) atoms. The topological polar surface area (TPSA) is 185 Å². The second-order valence-electron chi connectivity index (χ2n) is 3.45. The van der Waals surface area contributed by atoms with E-state index >= 15 is 0 Å². The highest BCUT2D eigenvalue weighted by molar-refractivity contribution is 7.46. The van der Waals surface area contributed by atoms with Crippen LogP contribution in [0.25, 0.3) is 0 Å². The molecule has 0 aromatic carbocycles. The summed E-state index contributed by atoms with van der Waals surface area (Å²) >= 11 is 0. The molecule has 0 aliphatic carbocycles. The minimum Gasteiger partial charge on any atom is -0.388 e. The fourth-order valence-corrected chi connectivity index (χ4v) is 1.33.